The lowest BCUT2D eigenvalue weighted by Gasteiger charge is -2.15. The van der Waals surface area contributed by atoms with Gasteiger partial charge >= 0.3 is 0 Å². The summed E-state index contributed by atoms with van der Waals surface area (Å²) in [6.07, 6.45) is 10.5. The SMILES string of the molecule is CCOc1ccc(-c2coc3cc(OC)c(/C(C)=C/C(=O)NC4CCCCCC4)cc23)cc1. The van der Waals surface area contributed by atoms with Crippen molar-refractivity contribution >= 4 is 22.4 Å². The summed E-state index contributed by atoms with van der Waals surface area (Å²) in [6.45, 7) is 4.56. The van der Waals surface area contributed by atoms with Crippen LogP contribution in [0.1, 0.15) is 57.9 Å². The number of hydrogen-bond acceptors (Lipinski definition) is 4. The Kier molecular flexibility index (Phi) is 7.38. The fraction of sp³-hybridized carbons (Fsp3) is 0.393. The lowest BCUT2D eigenvalue weighted by Crippen LogP contribution is -2.33. The highest BCUT2D eigenvalue weighted by molar-refractivity contribution is 6.00. The van der Waals surface area contributed by atoms with Crippen molar-refractivity contribution in [1.82, 2.24) is 5.32 Å². The Labute approximate surface area is 195 Å². The fourth-order valence-corrected chi connectivity index (χ4v) is 4.59. The average Bonchev–Trinajstić information content (AvgIpc) is 3.06. The summed E-state index contributed by atoms with van der Waals surface area (Å²) in [5.41, 5.74) is 4.53. The Morgan fingerprint density at radius 3 is 2.52 bits per heavy atom. The first kappa shape index (κ1) is 23.0. The molecule has 0 unspecified atom stereocenters. The Hall–Kier alpha value is -3.21. The van der Waals surface area contributed by atoms with E-state index in [1.807, 2.05) is 50.2 Å². The molecule has 5 heteroatoms. The van der Waals surface area contributed by atoms with Gasteiger partial charge in [-0.2, -0.15) is 0 Å². The molecule has 0 atom stereocenters. The maximum atomic E-state index is 12.7. The topological polar surface area (TPSA) is 60.7 Å². The van der Waals surface area contributed by atoms with Crippen LogP contribution in [0.15, 0.2) is 53.2 Å². The number of furan rings is 1. The van der Waals surface area contributed by atoms with Gasteiger partial charge in [0.05, 0.1) is 20.0 Å². The molecule has 0 bridgehead atoms. The zero-order chi connectivity index (χ0) is 23.2. The van der Waals surface area contributed by atoms with E-state index in [4.69, 9.17) is 13.9 Å². The van der Waals surface area contributed by atoms with Gasteiger partial charge in [0, 0.05) is 34.7 Å². The van der Waals surface area contributed by atoms with Gasteiger partial charge in [-0.05, 0) is 56.0 Å². The van der Waals surface area contributed by atoms with E-state index in [0.717, 1.165) is 51.8 Å². The van der Waals surface area contributed by atoms with Crippen molar-refractivity contribution in [3.8, 4) is 22.6 Å². The van der Waals surface area contributed by atoms with Gasteiger partial charge < -0.3 is 19.2 Å². The zero-order valence-electron chi connectivity index (χ0n) is 19.8. The summed E-state index contributed by atoms with van der Waals surface area (Å²) in [5, 5.41) is 4.17. The zero-order valence-corrected chi connectivity index (χ0v) is 19.8. The largest absolute Gasteiger partial charge is 0.496 e. The predicted molar refractivity (Wildman–Crippen MR) is 133 cm³/mol. The minimum absolute atomic E-state index is 0.0412. The Morgan fingerprint density at radius 2 is 1.85 bits per heavy atom. The van der Waals surface area contributed by atoms with Gasteiger partial charge in [-0.3, -0.25) is 4.79 Å². The molecule has 1 fully saturated rings. The normalized spacial score (nSPS) is 15.3. The second-order valence-electron chi connectivity index (χ2n) is 8.68. The van der Waals surface area contributed by atoms with Crippen LogP contribution in [0, 0.1) is 0 Å². The van der Waals surface area contributed by atoms with E-state index in [1.54, 1.807) is 19.4 Å². The van der Waals surface area contributed by atoms with Crippen LogP contribution >= 0.6 is 0 Å². The molecular weight excluding hydrogens is 414 g/mol. The standard InChI is InChI=1S/C28H33NO4/c1-4-32-22-13-11-20(12-14-22)25-18-33-27-17-26(31-3)23(16-24(25)27)19(2)15-28(30)29-21-9-7-5-6-8-10-21/h11-18,21H,4-10H2,1-3H3,(H,29,30)/b19-15+. The van der Waals surface area contributed by atoms with Crippen LogP contribution in [0.3, 0.4) is 0 Å². The van der Waals surface area contributed by atoms with Crippen molar-refractivity contribution in [2.45, 2.75) is 58.4 Å². The van der Waals surface area contributed by atoms with Crippen LogP contribution in [-0.2, 0) is 4.79 Å². The van der Waals surface area contributed by atoms with E-state index in [-0.39, 0.29) is 11.9 Å². The highest BCUT2D eigenvalue weighted by Gasteiger charge is 2.17. The Morgan fingerprint density at radius 1 is 1.12 bits per heavy atom. The Bertz CT molecular complexity index is 1120. The van der Waals surface area contributed by atoms with E-state index in [9.17, 15) is 4.79 Å². The maximum absolute atomic E-state index is 12.7. The third-order valence-electron chi connectivity index (χ3n) is 6.35. The van der Waals surface area contributed by atoms with Gasteiger partial charge in [0.15, 0.2) is 0 Å². The number of nitrogens with one attached hydrogen (secondary N) is 1. The highest BCUT2D eigenvalue weighted by atomic mass is 16.5. The summed E-state index contributed by atoms with van der Waals surface area (Å²) in [5.74, 6) is 1.49. The molecule has 1 aromatic heterocycles. The van der Waals surface area contributed by atoms with E-state index in [2.05, 4.69) is 5.32 Å². The number of allylic oxidation sites excluding steroid dienone is 1. The maximum Gasteiger partial charge on any atom is 0.244 e. The molecule has 33 heavy (non-hydrogen) atoms. The molecule has 2 aromatic carbocycles. The van der Waals surface area contributed by atoms with Crippen LogP contribution in [0.5, 0.6) is 11.5 Å². The van der Waals surface area contributed by atoms with Crippen LogP contribution in [0.2, 0.25) is 0 Å². The van der Waals surface area contributed by atoms with Crippen molar-refractivity contribution in [3.05, 3.63) is 54.3 Å². The molecule has 0 spiro atoms. The lowest BCUT2D eigenvalue weighted by atomic mass is 9.99. The summed E-state index contributed by atoms with van der Waals surface area (Å²) in [7, 11) is 1.64. The Balaban J connectivity index is 1.62. The smallest absolute Gasteiger partial charge is 0.244 e. The van der Waals surface area contributed by atoms with Crippen LogP contribution in [0.4, 0.5) is 0 Å². The molecule has 1 saturated carbocycles. The molecule has 1 N–H and O–H groups in total. The van der Waals surface area contributed by atoms with Gasteiger partial charge in [0.25, 0.3) is 0 Å². The lowest BCUT2D eigenvalue weighted by molar-refractivity contribution is -0.117. The number of methoxy groups -OCH3 is 1. The minimum Gasteiger partial charge on any atom is -0.496 e. The molecule has 4 rings (SSSR count). The van der Waals surface area contributed by atoms with Crippen molar-refractivity contribution in [2.75, 3.05) is 13.7 Å². The average molecular weight is 448 g/mol. The summed E-state index contributed by atoms with van der Waals surface area (Å²) in [4.78, 5) is 12.7. The minimum atomic E-state index is -0.0412. The number of benzene rings is 2. The van der Waals surface area contributed by atoms with Gasteiger partial charge in [-0.25, -0.2) is 0 Å². The van der Waals surface area contributed by atoms with Crippen molar-refractivity contribution in [2.24, 2.45) is 0 Å². The van der Waals surface area contributed by atoms with E-state index in [1.165, 1.54) is 25.7 Å². The van der Waals surface area contributed by atoms with E-state index >= 15 is 0 Å². The predicted octanol–water partition coefficient (Wildman–Crippen LogP) is 6.75. The number of carbonyl (C=O) groups is 1. The van der Waals surface area contributed by atoms with Crippen LogP contribution in [0.25, 0.3) is 27.7 Å². The molecule has 3 aromatic rings. The van der Waals surface area contributed by atoms with E-state index in [0.29, 0.717) is 12.4 Å². The third-order valence-corrected chi connectivity index (χ3v) is 6.35. The molecule has 5 nitrogen and oxygen atoms in total. The monoisotopic (exact) mass is 447 g/mol. The van der Waals surface area contributed by atoms with Gasteiger partial charge in [0.2, 0.25) is 5.91 Å². The number of rotatable bonds is 7. The van der Waals surface area contributed by atoms with Crippen molar-refractivity contribution in [1.29, 1.82) is 0 Å². The van der Waals surface area contributed by atoms with Crippen LogP contribution in [-0.4, -0.2) is 25.7 Å². The van der Waals surface area contributed by atoms with Crippen LogP contribution < -0.4 is 14.8 Å². The van der Waals surface area contributed by atoms with Gasteiger partial charge in [0.1, 0.15) is 17.1 Å². The first-order valence-corrected chi connectivity index (χ1v) is 11.9. The second-order valence-corrected chi connectivity index (χ2v) is 8.68. The summed E-state index contributed by atoms with van der Waals surface area (Å²) >= 11 is 0. The molecular formula is C28H33NO4. The van der Waals surface area contributed by atoms with Gasteiger partial charge in [-0.1, -0.05) is 37.8 Å². The molecule has 1 amide bonds. The molecule has 0 aliphatic heterocycles. The van der Waals surface area contributed by atoms with E-state index < -0.39 is 0 Å². The first-order chi connectivity index (χ1) is 16.1. The summed E-state index contributed by atoms with van der Waals surface area (Å²) < 4.78 is 17.0. The molecule has 1 aliphatic rings. The number of hydrogen-bond donors (Lipinski definition) is 1. The molecule has 174 valence electrons. The number of ether oxygens (including phenoxy) is 2. The van der Waals surface area contributed by atoms with Gasteiger partial charge in [-0.15, -0.1) is 0 Å². The summed E-state index contributed by atoms with van der Waals surface area (Å²) in [6, 6.07) is 12.2. The first-order valence-electron chi connectivity index (χ1n) is 11.9. The fourth-order valence-electron chi connectivity index (χ4n) is 4.59. The second kappa shape index (κ2) is 10.6. The third kappa shape index (κ3) is 5.41. The number of fused-ring (bicyclic) bond motifs is 1. The highest BCUT2D eigenvalue weighted by Crippen LogP contribution is 2.37. The number of carbonyl (C=O) groups excluding carboxylic acids is 1. The number of amides is 1. The molecule has 0 saturated heterocycles. The van der Waals surface area contributed by atoms with Crippen molar-refractivity contribution < 1.29 is 18.7 Å². The molecule has 1 heterocycles. The molecule has 1 aliphatic carbocycles. The molecule has 0 radical (unpaired) electrons. The quantitative estimate of drug-likeness (QED) is 0.321. The van der Waals surface area contributed by atoms with Crippen molar-refractivity contribution in [3.63, 3.8) is 0 Å².